The maximum absolute atomic E-state index is 13.7. The van der Waals surface area contributed by atoms with Gasteiger partial charge in [-0.25, -0.2) is 4.98 Å². The molecule has 0 atom stereocenters. The van der Waals surface area contributed by atoms with Crippen molar-refractivity contribution in [3.63, 3.8) is 0 Å². The minimum absolute atomic E-state index is 0.0594. The van der Waals surface area contributed by atoms with Gasteiger partial charge in [0, 0.05) is 35.8 Å². The Labute approximate surface area is 217 Å². The number of benzene rings is 1. The summed E-state index contributed by atoms with van der Waals surface area (Å²) in [4.78, 5) is 32.8. The first-order valence-electron chi connectivity index (χ1n) is 13.3. The minimum atomic E-state index is -0.135. The van der Waals surface area contributed by atoms with Crippen LogP contribution in [0.2, 0.25) is 0 Å². The van der Waals surface area contributed by atoms with Crippen molar-refractivity contribution < 1.29 is 14.3 Å². The van der Waals surface area contributed by atoms with Gasteiger partial charge in [-0.1, -0.05) is 49.6 Å². The van der Waals surface area contributed by atoms with Gasteiger partial charge in [0.15, 0.2) is 0 Å². The van der Waals surface area contributed by atoms with Gasteiger partial charge in [0.2, 0.25) is 0 Å². The predicted octanol–water partition coefficient (Wildman–Crippen LogP) is 6.51. The van der Waals surface area contributed by atoms with Gasteiger partial charge >= 0.3 is 5.97 Å². The Bertz CT molecular complexity index is 1200. The fourth-order valence-corrected chi connectivity index (χ4v) is 6.52. The molecule has 1 saturated heterocycles. The molecule has 2 fully saturated rings. The van der Waals surface area contributed by atoms with Crippen LogP contribution in [0.5, 0.6) is 0 Å². The van der Waals surface area contributed by atoms with E-state index in [4.69, 9.17) is 9.72 Å². The molecule has 1 aromatic carbocycles. The second-order valence-electron chi connectivity index (χ2n) is 9.91. The highest BCUT2D eigenvalue weighted by atomic mass is 32.1. The number of hydrogen-bond donors (Lipinski definition) is 0. The Morgan fingerprint density at radius 1 is 1.06 bits per heavy atom. The molecule has 36 heavy (non-hydrogen) atoms. The molecule has 0 radical (unpaired) electrons. The quantitative estimate of drug-likeness (QED) is 0.358. The first kappa shape index (κ1) is 24.8. The normalized spacial score (nSPS) is 17.3. The van der Waals surface area contributed by atoms with Crippen molar-refractivity contribution >= 4 is 23.2 Å². The molecule has 0 N–H and O–H groups in total. The Kier molecular flexibility index (Phi) is 7.56. The lowest BCUT2D eigenvalue weighted by atomic mass is 9.95. The van der Waals surface area contributed by atoms with Crippen molar-refractivity contribution in [3.8, 4) is 22.0 Å². The van der Waals surface area contributed by atoms with Gasteiger partial charge in [-0.3, -0.25) is 9.59 Å². The van der Waals surface area contributed by atoms with Crippen LogP contribution < -0.4 is 0 Å². The lowest BCUT2D eigenvalue weighted by Crippen LogP contribution is -2.40. The number of hydrogen-bond acceptors (Lipinski definition) is 5. The predicted molar refractivity (Wildman–Crippen MR) is 143 cm³/mol. The first-order valence-corrected chi connectivity index (χ1v) is 14.1. The molecule has 0 bridgehead atoms. The van der Waals surface area contributed by atoms with Crippen LogP contribution in [-0.4, -0.2) is 46.0 Å². The molecule has 1 amide bonds. The van der Waals surface area contributed by atoms with E-state index in [-0.39, 0.29) is 17.8 Å². The third-order valence-corrected chi connectivity index (χ3v) is 8.54. The summed E-state index contributed by atoms with van der Waals surface area (Å²) in [6.07, 6.45) is 7.31. The summed E-state index contributed by atoms with van der Waals surface area (Å²) in [5.74, 6) is -0.183. The van der Waals surface area contributed by atoms with Crippen LogP contribution in [0, 0.1) is 12.8 Å². The Hall–Kier alpha value is -2.93. The third kappa shape index (κ3) is 4.99. The summed E-state index contributed by atoms with van der Waals surface area (Å²) < 4.78 is 7.59. The van der Waals surface area contributed by atoms with Crippen molar-refractivity contribution in [3.05, 3.63) is 53.0 Å². The number of amides is 1. The Morgan fingerprint density at radius 2 is 1.78 bits per heavy atom. The largest absolute Gasteiger partial charge is 0.466 e. The van der Waals surface area contributed by atoms with Gasteiger partial charge in [-0.05, 0) is 45.6 Å². The average Bonchev–Trinajstić information content (AvgIpc) is 3.54. The topological polar surface area (TPSA) is 64.4 Å². The average molecular weight is 506 g/mol. The van der Waals surface area contributed by atoms with E-state index in [9.17, 15) is 9.59 Å². The SMILES string of the molecule is CCOC(=O)C1CCN(C(=O)c2cc(-c3csc(-c4ccccc4)n3)n(C3CCCCC3)c2C)CC1. The molecule has 3 heterocycles. The van der Waals surface area contributed by atoms with Gasteiger partial charge < -0.3 is 14.2 Å². The number of carbonyl (C=O) groups is 2. The van der Waals surface area contributed by atoms with Crippen LogP contribution in [0.25, 0.3) is 22.0 Å². The van der Waals surface area contributed by atoms with Crippen molar-refractivity contribution in [2.75, 3.05) is 19.7 Å². The number of nitrogens with zero attached hydrogens (tertiary/aromatic N) is 3. The van der Waals surface area contributed by atoms with Gasteiger partial charge in [-0.2, -0.15) is 0 Å². The summed E-state index contributed by atoms with van der Waals surface area (Å²) in [5, 5.41) is 3.11. The smallest absolute Gasteiger partial charge is 0.309 e. The molecule has 1 saturated carbocycles. The fourth-order valence-electron chi connectivity index (χ4n) is 5.70. The highest BCUT2D eigenvalue weighted by Gasteiger charge is 2.32. The lowest BCUT2D eigenvalue weighted by molar-refractivity contribution is -0.149. The number of aromatic nitrogens is 2. The van der Waals surface area contributed by atoms with E-state index in [0.717, 1.165) is 46.1 Å². The monoisotopic (exact) mass is 505 g/mol. The Morgan fingerprint density at radius 3 is 2.47 bits per heavy atom. The number of carbonyl (C=O) groups excluding carboxylic acids is 2. The third-order valence-electron chi connectivity index (χ3n) is 7.65. The van der Waals surface area contributed by atoms with Gasteiger partial charge in [0.1, 0.15) is 5.01 Å². The molecule has 0 spiro atoms. The maximum Gasteiger partial charge on any atom is 0.309 e. The number of esters is 1. The van der Waals surface area contributed by atoms with Gasteiger partial charge in [0.05, 0.1) is 29.5 Å². The van der Waals surface area contributed by atoms with Crippen LogP contribution in [0.4, 0.5) is 0 Å². The highest BCUT2D eigenvalue weighted by Crippen LogP contribution is 2.38. The van der Waals surface area contributed by atoms with E-state index in [2.05, 4.69) is 35.1 Å². The summed E-state index contributed by atoms with van der Waals surface area (Å²) in [5.41, 5.74) is 4.89. The summed E-state index contributed by atoms with van der Waals surface area (Å²) in [6.45, 7) is 5.48. The van der Waals surface area contributed by atoms with Crippen molar-refractivity contribution in [1.29, 1.82) is 0 Å². The van der Waals surface area contributed by atoms with E-state index >= 15 is 0 Å². The number of rotatable bonds is 6. The van der Waals surface area contributed by atoms with Crippen LogP contribution in [0.1, 0.15) is 74.0 Å². The standard InChI is InChI=1S/C29H35N3O3S/c1-3-35-29(34)22-14-16-31(17-15-22)28(33)24-18-26(32(20(24)2)23-12-8-5-9-13-23)25-19-36-27(30-25)21-10-6-4-7-11-21/h4,6-7,10-11,18-19,22-23H,3,5,8-9,12-17H2,1-2H3. The summed E-state index contributed by atoms with van der Waals surface area (Å²) in [6, 6.07) is 12.7. The second kappa shape index (κ2) is 11.0. The molecule has 6 nitrogen and oxygen atoms in total. The van der Waals surface area contributed by atoms with E-state index in [0.29, 0.717) is 38.6 Å². The van der Waals surface area contributed by atoms with Crippen LogP contribution in [0.15, 0.2) is 41.8 Å². The Balaban J connectivity index is 1.44. The van der Waals surface area contributed by atoms with E-state index in [1.54, 1.807) is 11.3 Å². The zero-order valence-corrected chi connectivity index (χ0v) is 22.1. The van der Waals surface area contributed by atoms with Gasteiger partial charge in [0.25, 0.3) is 5.91 Å². The van der Waals surface area contributed by atoms with Crippen molar-refractivity contribution in [2.24, 2.45) is 5.92 Å². The van der Waals surface area contributed by atoms with Crippen molar-refractivity contribution in [1.82, 2.24) is 14.5 Å². The number of thiazole rings is 1. The summed E-state index contributed by atoms with van der Waals surface area (Å²) >= 11 is 1.65. The fraction of sp³-hybridized carbons (Fsp3) is 0.483. The molecule has 5 rings (SSSR count). The molecular formula is C29H35N3O3S. The number of likely N-dealkylation sites (tertiary alicyclic amines) is 1. The first-order chi connectivity index (χ1) is 17.6. The molecular weight excluding hydrogens is 470 g/mol. The molecule has 2 aliphatic rings. The van der Waals surface area contributed by atoms with Crippen molar-refractivity contribution in [2.45, 2.75) is 64.8 Å². The molecule has 1 aliphatic heterocycles. The van der Waals surface area contributed by atoms with E-state index in [1.165, 1.54) is 19.3 Å². The molecule has 3 aromatic rings. The highest BCUT2D eigenvalue weighted by molar-refractivity contribution is 7.13. The van der Waals surface area contributed by atoms with Crippen LogP contribution in [0.3, 0.4) is 0 Å². The second-order valence-corrected chi connectivity index (χ2v) is 10.8. The van der Waals surface area contributed by atoms with Crippen LogP contribution >= 0.6 is 11.3 Å². The number of piperidine rings is 1. The molecule has 190 valence electrons. The zero-order chi connectivity index (χ0) is 25.1. The summed E-state index contributed by atoms with van der Waals surface area (Å²) in [7, 11) is 0. The zero-order valence-electron chi connectivity index (χ0n) is 21.2. The minimum Gasteiger partial charge on any atom is -0.466 e. The molecule has 2 aromatic heterocycles. The van der Waals surface area contributed by atoms with E-state index in [1.807, 2.05) is 30.0 Å². The maximum atomic E-state index is 13.7. The molecule has 0 unspecified atom stereocenters. The number of ether oxygens (including phenoxy) is 1. The van der Waals surface area contributed by atoms with Crippen LogP contribution in [-0.2, 0) is 9.53 Å². The molecule has 7 heteroatoms. The van der Waals surface area contributed by atoms with E-state index < -0.39 is 0 Å². The van der Waals surface area contributed by atoms with Gasteiger partial charge in [-0.15, -0.1) is 11.3 Å². The lowest BCUT2D eigenvalue weighted by Gasteiger charge is -2.31. The molecule has 1 aliphatic carbocycles.